The number of fused-ring (bicyclic) bond motifs is 1. The predicted octanol–water partition coefficient (Wildman–Crippen LogP) is 4.37. The molecule has 0 aromatic heterocycles. The largest absolute Gasteiger partial charge is 0.369 e. The highest BCUT2D eigenvalue weighted by Crippen LogP contribution is 2.74. The van der Waals surface area contributed by atoms with E-state index in [0.29, 0.717) is 11.3 Å². The van der Waals surface area contributed by atoms with Crippen molar-refractivity contribution in [3.63, 3.8) is 0 Å². The molecule has 4 heteroatoms. The maximum absolute atomic E-state index is 13.5. The lowest BCUT2D eigenvalue weighted by Gasteiger charge is -2.32. The highest BCUT2D eigenvalue weighted by atomic mass is 19.1. The van der Waals surface area contributed by atoms with Crippen molar-refractivity contribution >= 4 is 11.6 Å². The predicted molar refractivity (Wildman–Crippen MR) is 109 cm³/mol. The monoisotopic (exact) mass is 378 g/mol. The number of amides is 1. The lowest BCUT2D eigenvalue weighted by molar-refractivity contribution is -0.120. The Morgan fingerprint density at radius 3 is 2.50 bits per heavy atom. The number of carbonyl (C=O) groups is 1. The Kier molecular flexibility index (Phi) is 3.84. The summed E-state index contributed by atoms with van der Waals surface area (Å²) in [5.41, 5.74) is 13.2. The maximum atomic E-state index is 13.5. The Morgan fingerprint density at radius 1 is 1.18 bits per heavy atom. The quantitative estimate of drug-likeness (QED) is 0.858. The van der Waals surface area contributed by atoms with Crippen LogP contribution in [0.25, 0.3) is 0 Å². The number of benzene rings is 2. The first-order chi connectivity index (χ1) is 13.4. The number of anilines is 1. The molecule has 2 saturated carbocycles. The van der Waals surface area contributed by atoms with Crippen molar-refractivity contribution in [2.24, 2.45) is 17.1 Å². The lowest BCUT2D eigenvalue weighted by Crippen LogP contribution is -2.31. The topological polar surface area (TPSA) is 46.3 Å². The number of nitrogens with two attached hydrogens (primary N) is 1. The summed E-state index contributed by atoms with van der Waals surface area (Å²) in [6.45, 7) is 5.88. The van der Waals surface area contributed by atoms with Crippen molar-refractivity contribution in [3.8, 4) is 0 Å². The average molecular weight is 378 g/mol. The van der Waals surface area contributed by atoms with E-state index >= 15 is 0 Å². The minimum Gasteiger partial charge on any atom is -0.369 e. The van der Waals surface area contributed by atoms with Gasteiger partial charge in [0.25, 0.3) is 0 Å². The molecule has 1 spiro atoms. The van der Waals surface area contributed by atoms with Crippen LogP contribution in [0.1, 0.15) is 53.0 Å². The second-order valence-electron chi connectivity index (χ2n) is 9.13. The zero-order valence-electron chi connectivity index (χ0n) is 16.6. The Bertz CT molecular complexity index is 956. The summed E-state index contributed by atoms with van der Waals surface area (Å²) in [4.78, 5) is 14.7. The molecule has 1 amide bonds. The summed E-state index contributed by atoms with van der Waals surface area (Å²) in [7, 11) is 0. The minimum atomic E-state index is -0.179. The number of carbonyl (C=O) groups excluding carboxylic acids is 1. The molecule has 2 N–H and O–H groups in total. The average Bonchev–Trinajstić information content (AvgIpc) is 3.56. The van der Waals surface area contributed by atoms with Crippen LogP contribution >= 0.6 is 0 Å². The van der Waals surface area contributed by atoms with E-state index in [2.05, 4.69) is 30.9 Å². The molecule has 28 heavy (non-hydrogen) atoms. The summed E-state index contributed by atoms with van der Waals surface area (Å²) in [6.07, 6.45) is 4.51. The number of primary amides is 1. The first-order valence-electron chi connectivity index (χ1n) is 10.3. The zero-order valence-corrected chi connectivity index (χ0v) is 16.6. The fourth-order valence-corrected chi connectivity index (χ4v) is 5.49. The van der Waals surface area contributed by atoms with Gasteiger partial charge in [-0.3, -0.25) is 4.79 Å². The molecule has 0 radical (unpaired) electrons. The summed E-state index contributed by atoms with van der Waals surface area (Å²) in [5, 5.41) is 0. The van der Waals surface area contributed by atoms with E-state index in [9.17, 15) is 9.18 Å². The number of nitrogens with zero attached hydrogens (tertiary/aromatic N) is 1. The van der Waals surface area contributed by atoms with E-state index in [4.69, 9.17) is 5.73 Å². The molecule has 1 aliphatic heterocycles. The molecule has 0 saturated heterocycles. The van der Waals surface area contributed by atoms with Gasteiger partial charge < -0.3 is 10.6 Å². The summed E-state index contributed by atoms with van der Waals surface area (Å²) in [6, 6.07) is 9.51. The van der Waals surface area contributed by atoms with Crippen molar-refractivity contribution < 1.29 is 9.18 Å². The van der Waals surface area contributed by atoms with Crippen molar-refractivity contribution in [2.75, 3.05) is 11.4 Å². The van der Waals surface area contributed by atoms with E-state index in [-0.39, 0.29) is 17.6 Å². The minimum absolute atomic E-state index is 0.151. The van der Waals surface area contributed by atoms with Gasteiger partial charge in [0.05, 0.1) is 5.92 Å². The SMILES string of the molecule is Cc1cc(N2CCc3cc(F)ccc3C2)cc(C)c1C(C(N)=O)C1CC12CC2. The highest BCUT2D eigenvalue weighted by Gasteiger charge is 2.66. The van der Waals surface area contributed by atoms with Gasteiger partial charge >= 0.3 is 0 Å². The molecule has 1 heterocycles. The van der Waals surface area contributed by atoms with Gasteiger partial charge in [-0.15, -0.1) is 0 Å². The summed E-state index contributed by atoms with van der Waals surface area (Å²) in [5.74, 6) is -0.0532. The van der Waals surface area contributed by atoms with Crippen molar-refractivity contribution in [2.45, 2.75) is 52.0 Å². The van der Waals surface area contributed by atoms with Crippen LogP contribution in [0.3, 0.4) is 0 Å². The fraction of sp³-hybridized carbons (Fsp3) is 0.458. The second-order valence-corrected chi connectivity index (χ2v) is 9.13. The molecule has 2 aromatic carbocycles. The lowest BCUT2D eigenvalue weighted by atomic mass is 9.85. The van der Waals surface area contributed by atoms with Crippen molar-refractivity contribution in [3.05, 3.63) is 64.0 Å². The molecule has 2 aliphatic carbocycles. The van der Waals surface area contributed by atoms with Crippen LogP contribution in [-0.4, -0.2) is 12.5 Å². The molecule has 2 fully saturated rings. The molecule has 0 bridgehead atoms. The first-order valence-corrected chi connectivity index (χ1v) is 10.3. The Balaban J connectivity index is 1.45. The van der Waals surface area contributed by atoms with Gasteiger partial charge in [0, 0.05) is 18.8 Å². The Hall–Kier alpha value is -2.36. The maximum Gasteiger partial charge on any atom is 0.225 e. The third kappa shape index (κ3) is 2.81. The zero-order chi connectivity index (χ0) is 19.6. The van der Waals surface area contributed by atoms with E-state index < -0.39 is 0 Å². The van der Waals surface area contributed by atoms with Crippen LogP contribution in [0.5, 0.6) is 0 Å². The number of hydrogen-bond acceptors (Lipinski definition) is 2. The normalized spacial score (nSPS) is 22.7. The van der Waals surface area contributed by atoms with Gasteiger partial charge in [-0.1, -0.05) is 6.07 Å². The Labute approximate surface area is 165 Å². The molecule has 3 nitrogen and oxygen atoms in total. The molecule has 2 unspecified atom stereocenters. The van der Waals surface area contributed by atoms with Gasteiger partial charge in [-0.2, -0.15) is 0 Å². The van der Waals surface area contributed by atoms with Crippen LogP contribution < -0.4 is 10.6 Å². The van der Waals surface area contributed by atoms with E-state index in [1.54, 1.807) is 12.1 Å². The van der Waals surface area contributed by atoms with E-state index in [0.717, 1.165) is 48.2 Å². The molecule has 2 atom stereocenters. The number of halogens is 1. The second kappa shape index (κ2) is 6.07. The third-order valence-electron chi connectivity index (χ3n) is 7.29. The van der Waals surface area contributed by atoms with Gasteiger partial charge in [0.15, 0.2) is 0 Å². The van der Waals surface area contributed by atoms with Crippen molar-refractivity contribution in [1.29, 1.82) is 0 Å². The highest BCUT2D eigenvalue weighted by molar-refractivity contribution is 5.84. The van der Waals surface area contributed by atoms with Gasteiger partial charge in [-0.25, -0.2) is 4.39 Å². The van der Waals surface area contributed by atoms with Crippen LogP contribution in [0.15, 0.2) is 30.3 Å². The van der Waals surface area contributed by atoms with E-state index in [1.165, 1.54) is 24.1 Å². The number of aryl methyl sites for hydroxylation is 2. The number of hydrogen-bond donors (Lipinski definition) is 1. The molecular weight excluding hydrogens is 351 g/mol. The van der Waals surface area contributed by atoms with E-state index in [1.807, 2.05) is 6.07 Å². The Morgan fingerprint density at radius 2 is 1.89 bits per heavy atom. The first kappa shape index (κ1) is 17.7. The molecule has 3 aliphatic rings. The third-order valence-corrected chi connectivity index (χ3v) is 7.29. The molecule has 146 valence electrons. The molecular formula is C24H27FN2O. The van der Waals surface area contributed by atoms with Crippen LogP contribution in [0.2, 0.25) is 0 Å². The molecule has 5 rings (SSSR count). The van der Waals surface area contributed by atoms with Crippen LogP contribution in [0.4, 0.5) is 10.1 Å². The fourth-order valence-electron chi connectivity index (χ4n) is 5.49. The van der Waals surface area contributed by atoms with Gasteiger partial charge in [0.1, 0.15) is 5.82 Å². The van der Waals surface area contributed by atoms with Gasteiger partial charge in [0.2, 0.25) is 5.91 Å². The smallest absolute Gasteiger partial charge is 0.225 e. The van der Waals surface area contributed by atoms with Crippen LogP contribution in [-0.2, 0) is 17.8 Å². The van der Waals surface area contributed by atoms with Gasteiger partial charge in [-0.05, 0) is 103 Å². The van der Waals surface area contributed by atoms with Crippen molar-refractivity contribution in [1.82, 2.24) is 0 Å². The summed E-state index contributed by atoms with van der Waals surface area (Å²) >= 11 is 0. The van der Waals surface area contributed by atoms with Crippen LogP contribution in [0, 0.1) is 31.0 Å². The summed E-state index contributed by atoms with van der Waals surface area (Å²) < 4.78 is 13.5. The standard InChI is InChI=1S/C24H27FN2O/c1-14-9-19(27-8-5-16-11-18(25)4-3-17(16)13-27)10-15(2)21(14)22(23(26)28)20-12-24(20)6-7-24/h3-4,9-11,20,22H,5-8,12-13H2,1-2H3,(H2,26,28). The molecule has 2 aromatic rings. The number of rotatable bonds is 4.